The molecule has 0 fully saturated rings. The number of nitrogens with one attached hydrogen (secondary N) is 1. The molecular formula is C16H15N3O3S. The summed E-state index contributed by atoms with van der Waals surface area (Å²) in [5.74, 6) is 0.0414. The molecule has 0 atom stereocenters. The third-order valence-electron chi connectivity index (χ3n) is 3.34. The number of hydrogen-bond donors (Lipinski definition) is 1. The summed E-state index contributed by atoms with van der Waals surface area (Å²) in [6.45, 7) is 1.91. The molecule has 0 saturated heterocycles. The van der Waals surface area contributed by atoms with Crippen LogP contribution in [-0.2, 0) is 10.0 Å². The highest BCUT2D eigenvalue weighted by Gasteiger charge is 2.14. The van der Waals surface area contributed by atoms with Crippen molar-refractivity contribution < 1.29 is 8.42 Å². The number of fused-ring (bicyclic) bond motifs is 1. The lowest BCUT2D eigenvalue weighted by molar-refractivity contribution is 0.606. The zero-order chi connectivity index (χ0) is 16.6. The van der Waals surface area contributed by atoms with Crippen LogP contribution >= 0.6 is 0 Å². The van der Waals surface area contributed by atoms with Crippen molar-refractivity contribution in [3.8, 4) is 5.69 Å². The van der Waals surface area contributed by atoms with Crippen molar-refractivity contribution >= 4 is 26.7 Å². The minimum absolute atomic E-state index is 0.0414. The van der Waals surface area contributed by atoms with Crippen LogP contribution in [0, 0.1) is 6.92 Å². The quantitative estimate of drug-likeness (QED) is 0.797. The summed E-state index contributed by atoms with van der Waals surface area (Å²) in [6.07, 6.45) is 1.03. The number of aryl methyl sites for hydroxylation is 1. The van der Waals surface area contributed by atoms with Crippen molar-refractivity contribution in [3.63, 3.8) is 0 Å². The second kappa shape index (κ2) is 5.51. The standard InChI is InChI=1S/C16H15N3O3S/c1-11-8-9-13-14(10-11)19(12-6-4-3-5-7-12)16(20)17-15(13)18-23(2,21)22/h3-10H,1-2H3,(H,17,18,20). The smallest absolute Gasteiger partial charge is 0.267 e. The van der Waals surface area contributed by atoms with Gasteiger partial charge in [0, 0.05) is 5.39 Å². The fourth-order valence-corrected chi connectivity index (χ4v) is 2.92. The lowest BCUT2D eigenvalue weighted by Gasteiger charge is -2.13. The number of aromatic nitrogens is 2. The molecule has 23 heavy (non-hydrogen) atoms. The van der Waals surface area contributed by atoms with E-state index in [1.807, 2.05) is 37.3 Å². The Labute approximate surface area is 133 Å². The minimum Gasteiger partial charge on any atom is -0.267 e. The van der Waals surface area contributed by atoms with E-state index in [1.165, 1.54) is 4.57 Å². The van der Waals surface area contributed by atoms with Gasteiger partial charge in [0.05, 0.1) is 17.5 Å². The van der Waals surface area contributed by atoms with Crippen LogP contribution in [0.25, 0.3) is 16.6 Å². The van der Waals surface area contributed by atoms with Crippen LogP contribution in [0.1, 0.15) is 5.56 Å². The largest absolute Gasteiger partial charge is 0.354 e. The Hall–Kier alpha value is -2.67. The van der Waals surface area contributed by atoms with E-state index < -0.39 is 15.7 Å². The van der Waals surface area contributed by atoms with Crippen LogP contribution in [0.2, 0.25) is 0 Å². The van der Waals surface area contributed by atoms with Crippen molar-refractivity contribution in [1.82, 2.24) is 9.55 Å². The number of hydrogen-bond acceptors (Lipinski definition) is 4. The number of benzene rings is 2. The van der Waals surface area contributed by atoms with Crippen molar-refractivity contribution in [2.45, 2.75) is 6.92 Å². The van der Waals surface area contributed by atoms with Crippen molar-refractivity contribution in [2.75, 3.05) is 11.0 Å². The summed E-state index contributed by atoms with van der Waals surface area (Å²) in [4.78, 5) is 16.4. The molecule has 1 heterocycles. The average molecular weight is 329 g/mol. The van der Waals surface area contributed by atoms with E-state index >= 15 is 0 Å². The zero-order valence-corrected chi connectivity index (χ0v) is 13.5. The van der Waals surface area contributed by atoms with Gasteiger partial charge in [0.25, 0.3) is 0 Å². The van der Waals surface area contributed by atoms with Crippen LogP contribution in [0.4, 0.5) is 5.82 Å². The Kier molecular flexibility index (Phi) is 3.65. The van der Waals surface area contributed by atoms with E-state index in [0.29, 0.717) is 16.6 Å². The molecule has 0 radical (unpaired) electrons. The Morgan fingerprint density at radius 2 is 1.78 bits per heavy atom. The number of para-hydroxylation sites is 1. The van der Waals surface area contributed by atoms with Crippen LogP contribution < -0.4 is 10.4 Å². The molecule has 0 saturated carbocycles. The lowest BCUT2D eigenvalue weighted by atomic mass is 10.1. The number of rotatable bonds is 3. The van der Waals surface area contributed by atoms with E-state index in [4.69, 9.17) is 0 Å². The molecule has 3 rings (SSSR count). The molecule has 0 amide bonds. The molecule has 6 nitrogen and oxygen atoms in total. The molecule has 1 N–H and O–H groups in total. The van der Waals surface area contributed by atoms with Gasteiger partial charge in [0.15, 0.2) is 5.82 Å². The van der Waals surface area contributed by atoms with Gasteiger partial charge in [0.1, 0.15) is 0 Å². The Bertz CT molecular complexity index is 1040. The number of nitrogens with zero attached hydrogens (tertiary/aromatic N) is 2. The van der Waals surface area contributed by atoms with Crippen LogP contribution in [0.5, 0.6) is 0 Å². The van der Waals surface area contributed by atoms with E-state index in [-0.39, 0.29) is 5.82 Å². The summed E-state index contributed by atoms with van der Waals surface area (Å²) in [7, 11) is -3.53. The van der Waals surface area contributed by atoms with E-state index in [1.54, 1.807) is 18.2 Å². The molecule has 0 spiro atoms. The van der Waals surface area contributed by atoms with Gasteiger partial charge in [0.2, 0.25) is 10.0 Å². The summed E-state index contributed by atoms with van der Waals surface area (Å²) in [5.41, 5.74) is 1.69. The first-order valence-corrected chi connectivity index (χ1v) is 8.81. The fourth-order valence-electron chi connectivity index (χ4n) is 2.42. The molecule has 0 aliphatic heterocycles. The van der Waals surface area contributed by atoms with Crippen molar-refractivity contribution in [3.05, 3.63) is 64.6 Å². The van der Waals surface area contributed by atoms with Crippen LogP contribution in [0.3, 0.4) is 0 Å². The summed E-state index contributed by atoms with van der Waals surface area (Å²) in [5, 5.41) is 0.560. The monoisotopic (exact) mass is 329 g/mol. The van der Waals surface area contributed by atoms with Crippen molar-refractivity contribution in [2.24, 2.45) is 0 Å². The van der Waals surface area contributed by atoms with Crippen LogP contribution in [0.15, 0.2) is 53.3 Å². The van der Waals surface area contributed by atoms with Crippen LogP contribution in [-0.4, -0.2) is 24.2 Å². The van der Waals surface area contributed by atoms with Gasteiger partial charge in [-0.25, -0.2) is 13.2 Å². The topological polar surface area (TPSA) is 81.1 Å². The predicted molar refractivity (Wildman–Crippen MR) is 90.5 cm³/mol. The number of anilines is 1. The lowest BCUT2D eigenvalue weighted by Crippen LogP contribution is -2.24. The summed E-state index contributed by atoms with van der Waals surface area (Å²) >= 11 is 0. The molecule has 2 aromatic carbocycles. The highest BCUT2D eigenvalue weighted by Crippen LogP contribution is 2.23. The van der Waals surface area contributed by atoms with Gasteiger partial charge in [-0.2, -0.15) is 4.98 Å². The summed E-state index contributed by atoms with van der Waals surface area (Å²) in [6, 6.07) is 14.5. The first kappa shape index (κ1) is 15.2. The molecule has 0 aliphatic rings. The molecular weight excluding hydrogens is 314 g/mol. The molecule has 3 aromatic rings. The molecule has 0 bridgehead atoms. The number of sulfonamides is 1. The van der Waals surface area contributed by atoms with Gasteiger partial charge < -0.3 is 0 Å². The normalized spacial score (nSPS) is 11.6. The maximum absolute atomic E-state index is 12.5. The molecule has 118 valence electrons. The molecule has 1 aromatic heterocycles. The third-order valence-corrected chi connectivity index (χ3v) is 3.91. The zero-order valence-electron chi connectivity index (χ0n) is 12.6. The van der Waals surface area contributed by atoms with Crippen molar-refractivity contribution in [1.29, 1.82) is 0 Å². The van der Waals surface area contributed by atoms with E-state index in [0.717, 1.165) is 11.8 Å². The van der Waals surface area contributed by atoms with E-state index in [9.17, 15) is 13.2 Å². The van der Waals surface area contributed by atoms with Gasteiger partial charge in [-0.1, -0.05) is 24.3 Å². The maximum atomic E-state index is 12.5. The predicted octanol–water partition coefficient (Wildman–Crippen LogP) is 2.07. The first-order chi connectivity index (χ1) is 10.8. The highest BCUT2D eigenvalue weighted by molar-refractivity contribution is 7.92. The third kappa shape index (κ3) is 3.09. The molecule has 0 aliphatic carbocycles. The minimum atomic E-state index is -3.53. The van der Waals surface area contributed by atoms with Gasteiger partial charge in [-0.15, -0.1) is 0 Å². The van der Waals surface area contributed by atoms with Gasteiger partial charge >= 0.3 is 5.69 Å². The highest BCUT2D eigenvalue weighted by atomic mass is 32.2. The van der Waals surface area contributed by atoms with Gasteiger partial charge in [-0.05, 0) is 36.8 Å². The maximum Gasteiger partial charge on any atom is 0.354 e. The fraction of sp³-hybridized carbons (Fsp3) is 0.125. The second-order valence-electron chi connectivity index (χ2n) is 5.31. The molecule has 0 unspecified atom stereocenters. The SMILES string of the molecule is Cc1ccc2c(NS(C)(=O)=O)nc(=O)n(-c3ccccc3)c2c1. The molecule has 7 heteroatoms. The average Bonchev–Trinajstić information content (AvgIpc) is 2.46. The second-order valence-corrected chi connectivity index (χ2v) is 7.06. The Balaban J connectivity index is 2.39. The Morgan fingerprint density at radius 3 is 2.43 bits per heavy atom. The van der Waals surface area contributed by atoms with E-state index in [2.05, 4.69) is 9.71 Å². The summed E-state index contributed by atoms with van der Waals surface area (Å²) < 4.78 is 26.8. The van der Waals surface area contributed by atoms with Gasteiger partial charge in [-0.3, -0.25) is 9.29 Å². The first-order valence-electron chi connectivity index (χ1n) is 6.92. The Morgan fingerprint density at radius 1 is 1.09 bits per heavy atom.